The van der Waals surface area contributed by atoms with E-state index in [1.807, 2.05) is 0 Å². The van der Waals surface area contributed by atoms with E-state index in [2.05, 4.69) is 0 Å². The fraction of sp³-hybridized carbons (Fsp3) is 0.125. The van der Waals surface area contributed by atoms with E-state index in [1.54, 1.807) is 6.07 Å². The Bertz CT molecular complexity index is 312. The van der Waals surface area contributed by atoms with Crippen LogP contribution in [-0.2, 0) is 6.67 Å². The van der Waals surface area contributed by atoms with Crippen LogP contribution in [0.5, 0.6) is 0 Å². The van der Waals surface area contributed by atoms with Gasteiger partial charge in [-0.05, 0) is 23.2 Å². The van der Waals surface area contributed by atoms with Crippen LogP contribution in [0.1, 0.15) is 15.9 Å². The second kappa shape index (κ2) is 3.87. The molecular formula is C8H5Cl2FO. The Balaban J connectivity index is 3.29. The van der Waals surface area contributed by atoms with Crippen LogP contribution in [0.2, 0.25) is 5.02 Å². The van der Waals surface area contributed by atoms with Gasteiger partial charge in [-0.25, -0.2) is 4.39 Å². The van der Waals surface area contributed by atoms with Crippen molar-refractivity contribution in [3.05, 3.63) is 34.3 Å². The monoisotopic (exact) mass is 206 g/mol. The van der Waals surface area contributed by atoms with Crippen LogP contribution >= 0.6 is 23.2 Å². The molecule has 0 fully saturated rings. The molecule has 0 aliphatic rings. The first kappa shape index (κ1) is 9.49. The highest BCUT2D eigenvalue weighted by Crippen LogP contribution is 2.22. The third kappa shape index (κ3) is 1.76. The zero-order valence-corrected chi connectivity index (χ0v) is 7.49. The highest BCUT2D eigenvalue weighted by Gasteiger charge is 2.12. The van der Waals surface area contributed by atoms with Crippen LogP contribution < -0.4 is 0 Å². The number of benzene rings is 1. The normalized spacial score (nSPS) is 9.92. The summed E-state index contributed by atoms with van der Waals surface area (Å²) in [6, 6.07) is 4.54. The molecule has 0 bridgehead atoms. The summed E-state index contributed by atoms with van der Waals surface area (Å²) in [5.74, 6) is 0. The van der Waals surface area contributed by atoms with E-state index in [0.29, 0.717) is 0 Å². The number of rotatable bonds is 2. The molecule has 0 N–H and O–H groups in total. The minimum Gasteiger partial charge on any atom is -0.276 e. The van der Waals surface area contributed by atoms with Gasteiger partial charge in [-0.3, -0.25) is 4.79 Å². The zero-order chi connectivity index (χ0) is 9.14. The van der Waals surface area contributed by atoms with Crippen molar-refractivity contribution in [1.82, 2.24) is 0 Å². The number of alkyl halides is 1. The predicted molar refractivity (Wildman–Crippen MR) is 46.4 cm³/mol. The van der Waals surface area contributed by atoms with Crippen LogP contribution in [-0.4, -0.2) is 5.24 Å². The second-order valence-corrected chi connectivity index (χ2v) is 2.93. The van der Waals surface area contributed by atoms with Gasteiger partial charge in [0.15, 0.2) is 0 Å². The first-order valence-electron chi connectivity index (χ1n) is 3.20. The molecule has 64 valence electrons. The maximum Gasteiger partial charge on any atom is 0.254 e. The topological polar surface area (TPSA) is 17.1 Å². The summed E-state index contributed by atoms with van der Waals surface area (Å²) in [5, 5.41) is -0.543. The highest BCUT2D eigenvalue weighted by atomic mass is 35.5. The second-order valence-electron chi connectivity index (χ2n) is 2.18. The molecule has 0 atom stereocenters. The molecule has 0 aliphatic carbocycles. The average Bonchev–Trinajstić information content (AvgIpc) is 2.03. The van der Waals surface area contributed by atoms with E-state index in [1.165, 1.54) is 12.1 Å². The minimum atomic E-state index is -0.742. The van der Waals surface area contributed by atoms with Gasteiger partial charge in [0.25, 0.3) is 5.24 Å². The minimum absolute atomic E-state index is 0.0586. The van der Waals surface area contributed by atoms with Crippen molar-refractivity contribution in [1.29, 1.82) is 0 Å². The summed E-state index contributed by atoms with van der Waals surface area (Å²) < 4.78 is 12.3. The van der Waals surface area contributed by atoms with E-state index in [0.717, 1.165) is 0 Å². The lowest BCUT2D eigenvalue weighted by atomic mass is 10.1. The molecule has 1 aromatic carbocycles. The Hall–Kier alpha value is -0.600. The summed E-state index contributed by atoms with van der Waals surface area (Å²) in [5.41, 5.74) is 0.283. The third-order valence-electron chi connectivity index (χ3n) is 1.44. The molecule has 0 saturated carbocycles. The standard InChI is InChI=1S/C8H5Cl2FO/c9-6-3-1-2-5(4-11)7(6)8(10)12/h1-3H,4H2. The highest BCUT2D eigenvalue weighted by molar-refractivity contribution is 6.69. The fourth-order valence-electron chi connectivity index (χ4n) is 0.900. The quantitative estimate of drug-likeness (QED) is 0.680. The molecule has 12 heavy (non-hydrogen) atoms. The molecule has 0 aromatic heterocycles. The van der Waals surface area contributed by atoms with Gasteiger partial charge in [0.1, 0.15) is 6.67 Å². The average molecular weight is 207 g/mol. The lowest BCUT2D eigenvalue weighted by Crippen LogP contribution is -1.96. The number of carbonyl (C=O) groups excluding carboxylic acids is 1. The molecule has 1 aromatic rings. The summed E-state index contributed by atoms with van der Waals surface area (Å²) >= 11 is 10.8. The predicted octanol–water partition coefficient (Wildman–Crippen LogP) is 3.19. The molecule has 0 heterocycles. The molecular weight excluding hydrogens is 202 g/mol. The molecule has 1 rings (SSSR count). The zero-order valence-electron chi connectivity index (χ0n) is 5.98. The van der Waals surface area contributed by atoms with E-state index in [9.17, 15) is 9.18 Å². The SMILES string of the molecule is O=C(Cl)c1c(Cl)cccc1CF. The van der Waals surface area contributed by atoms with E-state index in [-0.39, 0.29) is 16.1 Å². The summed E-state index contributed by atoms with van der Waals surface area (Å²) in [4.78, 5) is 10.8. The molecule has 4 heteroatoms. The van der Waals surface area contributed by atoms with Crippen LogP contribution in [0.3, 0.4) is 0 Å². The van der Waals surface area contributed by atoms with Gasteiger partial charge in [-0.15, -0.1) is 0 Å². The van der Waals surface area contributed by atoms with Crippen LogP contribution in [0.25, 0.3) is 0 Å². The first-order valence-corrected chi connectivity index (χ1v) is 3.95. The van der Waals surface area contributed by atoms with E-state index in [4.69, 9.17) is 23.2 Å². The van der Waals surface area contributed by atoms with E-state index >= 15 is 0 Å². The Morgan fingerprint density at radius 3 is 2.58 bits per heavy atom. The van der Waals surface area contributed by atoms with Crippen molar-refractivity contribution in [2.75, 3.05) is 0 Å². The Kier molecular flexibility index (Phi) is 3.06. The molecule has 1 nitrogen and oxygen atoms in total. The van der Waals surface area contributed by atoms with Gasteiger partial charge in [0.05, 0.1) is 10.6 Å². The lowest BCUT2D eigenvalue weighted by Gasteiger charge is -2.02. The fourth-order valence-corrected chi connectivity index (χ4v) is 1.45. The Morgan fingerprint density at radius 2 is 2.17 bits per heavy atom. The summed E-state index contributed by atoms with van der Waals surface area (Å²) in [6.45, 7) is -0.742. The van der Waals surface area contributed by atoms with Gasteiger partial charge >= 0.3 is 0 Å². The van der Waals surface area contributed by atoms with Crippen LogP contribution in [0.4, 0.5) is 4.39 Å². The summed E-state index contributed by atoms with van der Waals surface area (Å²) in [6.07, 6.45) is 0. The smallest absolute Gasteiger partial charge is 0.254 e. The van der Waals surface area contributed by atoms with Crippen LogP contribution in [0, 0.1) is 0 Å². The van der Waals surface area contributed by atoms with Crippen molar-refractivity contribution in [3.8, 4) is 0 Å². The van der Waals surface area contributed by atoms with Crippen molar-refractivity contribution in [2.45, 2.75) is 6.67 Å². The largest absolute Gasteiger partial charge is 0.276 e. The Morgan fingerprint density at radius 1 is 1.50 bits per heavy atom. The van der Waals surface area contributed by atoms with Gasteiger partial charge in [0, 0.05) is 0 Å². The van der Waals surface area contributed by atoms with Crippen molar-refractivity contribution in [2.24, 2.45) is 0 Å². The first-order chi connectivity index (χ1) is 5.66. The van der Waals surface area contributed by atoms with E-state index < -0.39 is 11.9 Å². The molecule has 0 amide bonds. The van der Waals surface area contributed by atoms with Gasteiger partial charge in [-0.1, -0.05) is 23.7 Å². The number of hydrogen-bond acceptors (Lipinski definition) is 1. The van der Waals surface area contributed by atoms with Crippen molar-refractivity contribution >= 4 is 28.4 Å². The molecule has 0 unspecified atom stereocenters. The van der Waals surface area contributed by atoms with Crippen molar-refractivity contribution in [3.63, 3.8) is 0 Å². The number of hydrogen-bond donors (Lipinski definition) is 0. The summed E-state index contributed by atoms with van der Waals surface area (Å²) in [7, 11) is 0. The van der Waals surface area contributed by atoms with Crippen molar-refractivity contribution < 1.29 is 9.18 Å². The van der Waals surface area contributed by atoms with Gasteiger partial charge in [0.2, 0.25) is 0 Å². The molecule has 0 spiro atoms. The van der Waals surface area contributed by atoms with Crippen LogP contribution in [0.15, 0.2) is 18.2 Å². The molecule has 0 saturated heterocycles. The third-order valence-corrected chi connectivity index (χ3v) is 1.94. The number of carbonyl (C=O) groups is 1. The number of halogens is 3. The maximum atomic E-state index is 12.3. The Labute approximate surface area is 79.1 Å². The maximum absolute atomic E-state index is 12.3. The lowest BCUT2D eigenvalue weighted by molar-refractivity contribution is 0.108. The van der Waals surface area contributed by atoms with Gasteiger partial charge in [-0.2, -0.15) is 0 Å². The molecule has 0 radical (unpaired) electrons. The molecule has 0 aliphatic heterocycles. The van der Waals surface area contributed by atoms with Gasteiger partial charge < -0.3 is 0 Å².